The summed E-state index contributed by atoms with van der Waals surface area (Å²) in [5, 5.41) is 2.93. The predicted octanol–water partition coefficient (Wildman–Crippen LogP) is 1.79. The van der Waals surface area contributed by atoms with E-state index in [-0.39, 0.29) is 11.8 Å². The van der Waals surface area contributed by atoms with Crippen molar-refractivity contribution in [3.63, 3.8) is 0 Å². The molecule has 1 N–H and O–H groups in total. The van der Waals surface area contributed by atoms with Crippen LogP contribution in [0.25, 0.3) is 0 Å². The Hall–Kier alpha value is -0.280. The zero-order valence-corrected chi connectivity index (χ0v) is 10.1. The van der Waals surface area contributed by atoms with Crippen molar-refractivity contribution in [3.8, 4) is 0 Å². The lowest BCUT2D eigenvalue weighted by molar-refractivity contribution is -0.125. The molecule has 1 saturated carbocycles. The summed E-state index contributed by atoms with van der Waals surface area (Å²) in [7, 11) is 0. The summed E-state index contributed by atoms with van der Waals surface area (Å²) < 4.78 is 5.20. The van der Waals surface area contributed by atoms with Crippen molar-refractivity contribution < 1.29 is 9.53 Å². The number of hydrogen-bond acceptors (Lipinski definition) is 2. The highest BCUT2D eigenvalue weighted by atomic mass is 35.5. The van der Waals surface area contributed by atoms with Gasteiger partial charge in [-0.25, -0.2) is 0 Å². The summed E-state index contributed by atoms with van der Waals surface area (Å²) in [4.78, 5) is 11.5. The molecule has 0 radical (unpaired) electrons. The summed E-state index contributed by atoms with van der Waals surface area (Å²) in [5.41, 5.74) is 0. The molecule has 4 heteroatoms. The highest BCUT2D eigenvalue weighted by Crippen LogP contribution is 2.36. The minimum atomic E-state index is 0.189. The van der Waals surface area contributed by atoms with E-state index in [0.717, 1.165) is 6.42 Å². The van der Waals surface area contributed by atoms with Crippen molar-refractivity contribution in [1.82, 2.24) is 5.32 Å². The first-order valence-electron chi connectivity index (χ1n) is 5.67. The van der Waals surface area contributed by atoms with Gasteiger partial charge in [0.1, 0.15) is 0 Å². The predicted molar refractivity (Wildman–Crippen MR) is 61.1 cm³/mol. The maximum absolute atomic E-state index is 11.5. The molecule has 15 heavy (non-hydrogen) atoms. The summed E-state index contributed by atoms with van der Waals surface area (Å²) in [5.74, 6) is 1.55. The molecule has 0 aromatic carbocycles. The van der Waals surface area contributed by atoms with Crippen molar-refractivity contribution in [3.05, 3.63) is 0 Å². The molecule has 0 aromatic rings. The van der Waals surface area contributed by atoms with Crippen LogP contribution < -0.4 is 5.32 Å². The number of carbonyl (C=O) groups excluding carboxylic acids is 1. The molecule has 1 amide bonds. The second kappa shape index (κ2) is 7.07. The molecule has 1 rings (SSSR count). The number of amides is 1. The maximum atomic E-state index is 11.5. The molecule has 1 aliphatic rings. The molecule has 88 valence electrons. The average Bonchev–Trinajstić information content (AvgIpc) is 3.05. The van der Waals surface area contributed by atoms with Crippen LogP contribution in [0.2, 0.25) is 0 Å². The minimum absolute atomic E-state index is 0.189. The Morgan fingerprint density at radius 2 is 2.27 bits per heavy atom. The van der Waals surface area contributed by atoms with Gasteiger partial charge in [-0.2, -0.15) is 0 Å². The van der Waals surface area contributed by atoms with Gasteiger partial charge in [0, 0.05) is 24.9 Å². The minimum Gasteiger partial charge on any atom is -0.380 e. The highest BCUT2D eigenvalue weighted by Gasteiger charge is 2.32. The molecule has 0 spiro atoms. The lowest BCUT2D eigenvalue weighted by Crippen LogP contribution is -2.31. The topological polar surface area (TPSA) is 38.3 Å². The van der Waals surface area contributed by atoms with Crippen molar-refractivity contribution in [2.24, 2.45) is 11.8 Å². The molecule has 1 aliphatic carbocycles. The number of hydrogen-bond donors (Lipinski definition) is 1. The zero-order chi connectivity index (χ0) is 11.1. The van der Waals surface area contributed by atoms with Crippen LogP contribution in [-0.4, -0.2) is 31.5 Å². The molecule has 0 heterocycles. The first-order valence-corrected chi connectivity index (χ1v) is 6.20. The second-order valence-electron chi connectivity index (χ2n) is 4.07. The number of nitrogens with one attached hydrogen (secondary N) is 1. The standard InChI is InChI=1S/C11H20ClNO2/c1-9(10-3-4-10)11(14)13-6-2-7-15-8-5-12/h9-10H,2-8H2,1H3,(H,13,14). The van der Waals surface area contributed by atoms with E-state index in [4.69, 9.17) is 16.3 Å². The van der Waals surface area contributed by atoms with Crippen molar-refractivity contribution in [2.45, 2.75) is 26.2 Å². The van der Waals surface area contributed by atoms with Gasteiger partial charge in [-0.15, -0.1) is 11.6 Å². The van der Waals surface area contributed by atoms with E-state index in [1.165, 1.54) is 12.8 Å². The first-order chi connectivity index (χ1) is 7.25. The second-order valence-corrected chi connectivity index (χ2v) is 4.45. The third-order valence-corrected chi connectivity index (χ3v) is 2.88. The number of alkyl halides is 1. The smallest absolute Gasteiger partial charge is 0.223 e. The third kappa shape index (κ3) is 5.38. The van der Waals surface area contributed by atoms with E-state index in [0.29, 0.717) is 31.6 Å². The maximum Gasteiger partial charge on any atom is 0.223 e. The van der Waals surface area contributed by atoms with E-state index in [9.17, 15) is 4.79 Å². The molecular weight excluding hydrogens is 214 g/mol. The molecular formula is C11H20ClNO2. The van der Waals surface area contributed by atoms with Gasteiger partial charge in [0.2, 0.25) is 5.91 Å². The summed E-state index contributed by atoms with van der Waals surface area (Å²) in [6, 6.07) is 0. The van der Waals surface area contributed by atoms with Gasteiger partial charge in [0.25, 0.3) is 0 Å². The third-order valence-electron chi connectivity index (χ3n) is 2.73. The first kappa shape index (κ1) is 12.8. The molecule has 0 aromatic heterocycles. The van der Waals surface area contributed by atoms with Crippen LogP contribution in [0, 0.1) is 11.8 Å². The Kier molecular flexibility index (Phi) is 6.03. The van der Waals surface area contributed by atoms with Crippen molar-refractivity contribution in [2.75, 3.05) is 25.6 Å². The fourth-order valence-corrected chi connectivity index (χ4v) is 1.62. The molecule has 1 fully saturated rings. The van der Waals surface area contributed by atoms with Gasteiger partial charge in [-0.3, -0.25) is 4.79 Å². The van der Waals surface area contributed by atoms with Crippen LogP contribution in [-0.2, 0) is 9.53 Å². The van der Waals surface area contributed by atoms with E-state index < -0.39 is 0 Å². The van der Waals surface area contributed by atoms with E-state index in [1.807, 2.05) is 6.92 Å². The monoisotopic (exact) mass is 233 g/mol. The highest BCUT2D eigenvalue weighted by molar-refractivity contribution is 6.17. The molecule has 0 aliphatic heterocycles. The summed E-state index contributed by atoms with van der Waals surface area (Å²) >= 11 is 5.45. The van der Waals surface area contributed by atoms with E-state index in [2.05, 4.69) is 5.32 Å². The van der Waals surface area contributed by atoms with Gasteiger partial charge < -0.3 is 10.1 Å². The van der Waals surface area contributed by atoms with Gasteiger partial charge in [0.15, 0.2) is 0 Å². The number of halogens is 1. The molecule has 0 bridgehead atoms. The van der Waals surface area contributed by atoms with Gasteiger partial charge >= 0.3 is 0 Å². The quantitative estimate of drug-likeness (QED) is 0.513. The Bertz CT molecular complexity index is 195. The van der Waals surface area contributed by atoms with Gasteiger partial charge in [0.05, 0.1) is 6.61 Å². The normalized spacial score (nSPS) is 17.5. The average molecular weight is 234 g/mol. The molecule has 0 saturated heterocycles. The number of rotatable bonds is 8. The number of carbonyl (C=O) groups is 1. The van der Waals surface area contributed by atoms with Crippen LogP contribution in [0.1, 0.15) is 26.2 Å². The van der Waals surface area contributed by atoms with Gasteiger partial charge in [-0.1, -0.05) is 6.92 Å². The van der Waals surface area contributed by atoms with E-state index in [1.54, 1.807) is 0 Å². The fourth-order valence-electron chi connectivity index (χ4n) is 1.51. The molecule has 1 unspecified atom stereocenters. The Morgan fingerprint density at radius 3 is 2.87 bits per heavy atom. The summed E-state index contributed by atoms with van der Waals surface area (Å²) in [6.07, 6.45) is 3.29. The number of ether oxygens (including phenoxy) is 1. The van der Waals surface area contributed by atoms with Crippen LogP contribution >= 0.6 is 11.6 Å². The Morgan fingerprint density at radius 1 is 1.53 bits per heavy atom. The van der Waals surface area contributed by atoms with Crippen LogP contribution in [0.15, 0.2) is 0 Å². The van der Waals surface area contributed by atoms with Crippen LogP contribution in [0.5, 0.6) is 0 Å². The molecule has 1 atom stereocenters. The SMILES string of the molecule is CC(C(=O)NCCCOCCCl)C1CC1. The van der Waals surface area contributed by atoms with Crippen LogP contribution in [0.3, 0.4) is 0 Å². The fraction of sp³-hybridized carbons (Fsp3) is 0.909. The Balaban J connectivity index is 1.92. The molecule has 3 nitrogen and oxygen atoms in total. The van der Waals surface area contributed by atoms with Gasteiger partial charge in [-0.05, 0) is 25.2 Å². The van der Waals surface area contributed by atoms with Crippen molar-refractivity contribution >= 4 is 17.5 Å². The van der Waals surface area contributed by atoms with Crippen molar-refractivity contribution in [1.29, 1.82) is 0 Å². The van der Waals surface area contributed by atoms with E-state index >= 15 is 0 Å². The summed E-state index contributed by atoms with van der Waals surface area (Å²) in [6.45, 7) is 3.98. The van der Waals surface area contributed by atoms with Crippen LogP contribution in [0.4, 0.5) is 0 Å². The Labute approximate surface area is 96.5 Å². The lowest BCUT2D eigenvalue weighted by Gasteiger charge is -2.10. The zero-order valence-electron chi connectivity index (χ0n) is 9.30. The lowest BCUT2D eigenvalue weighted by atomic mass is 10.1. The largest absolute Gasteiger partial charge is 0.380 e.